The van der Waals surface area contributed by atoms with Crippen molar-refractivity contribution in [1.29, 1.82) is 0 Å². The van der Waals surface area contributed by atoms with Gasteiger partial charge < -0.3 is 5.32 Å². The molecule has 0 radical (unpaired) electrons. The number of hydrogen-bond donors (Lipinski definition) is 1. The fourth-order valence-electron chi connectivity index (χ4n) is 3.32. The minimum atomic E-state index is -0.0456. The van der Waals surface area contributed by atoms with Crippen LogP contribution in [0.25, 0.3) is 0 Å². The van der Waals surface area contributed by atoms with Crippen LogP contribution in [0.1, 0.15) is 53.2 Å². The van der Waals surface area contributed by atoms with Gasteiger partial charge >= 0.3 is 0 Å². The molecule has 130 valence electrons. The van der Waals surface area contributed by atoms with Crippen LogP contribution in [-0.4, -0.2) is 17.9 Å². The van der Waals surface area contributed by atoms with Gasteiger partial charge in [0.25, 0.3) is 0 Å². The van der Waals surface area contributed by atoms with Gasteiger partial charge in [0, 0.05) is 23.3 Å². The number of Topliss-reactive ketones (excluding diaryl/α,β-unsaturated/α-hetero) is 1. The molecule has 3 rings (SSSR count). The lowest BCUT2D eigenvalue weighted by molar-refractivity contribution is -0.121. The van der Waals surface area contributed by atoms with Crippen LogP contribution in [0, 0.1) is 0 Å². The summed E-state index contributed by atoms with van der Waals surface area (Å²) in [6.07, 6.45) is 5.62. The summed E-state index contributed by atoms with van der Waals surface area (Å²) in [6.45, 7) is 0. The topological polar surface area (TPSA) is 46.2 Å². The van der Waals surface area contributed by atoms with E-state index in [9.17, 15) is 9.59 Å². The lowest BCUT2D eigenvalue weighted by Crippen LogP contribution is -2.31. The van der Waals surface area contributed by atoms with Crippen molar-refractivity contribution in [2.75, 3.05) is 6.26 Å². The molecule has 2 aromatic rings. The average molecular weight is 353 g/mol. The SMILES string of the molecule is CSc1ccc(C(=O)CCC(=O)N[C@@H]2CCCc3ccccc32)cc1. The third-order valence-electron chi connectivity index (χ3n) is 4.70. The zero-order valence-corrected chi connectivity index (χ0v) is 15.3. The number of thioether (sulfide) groups is 1. The Morgan fingerprint density at radius 3 is 2.60 bits per heavy atom. The van der Waals surface area contributed by atoms with E-state index < -0.39 is 0 Å². The maximum absolute atomic E-state index is 12.3. The van der Waals surface area contributed by atoms with Crippen LogP contribution in [0.2, 0.25) is 0 Å². The van der Waals surface area contributed by atoms with Crippen LogP contribution in [0.4, 0.5) is 0 Å². The number of benzene rings is 2. The highest BCUT2D eigenvalue weighted by Crippen LogP contribution is 2.29. The van der Waals surface area contributed by atoms with E-state index in [1.807, 2.05) is 42.7 Å². The Morgan fingerprint density at radius 2 is 1.84 bits per heavy atom. The van der Waals surface area contributed by atoms with Crippen molar-refractivity contribution in [2.24, 2.45) is 0 Å². The molecule has 25 heavy (non-hydrogen) atoms. The first-order chi connectivity index (χ1) is 12.2. The van der Waals surface area contributed by atoms with E-state index in [2.05, 4.69) is 17.4 Å². The van der Waals surface area contributed by atoms with Gasteiger partial charge in [0.05, 0.1) is 6.04 Å². The Balaban J connectivity index is 1.54. The summed E-state index contributed by atoms with van der Waals surface area (Å²) >= 11 is 1.65. The molecule has 1 amide bonds. The lowest BCUT2D eigenvalue weighted by Gasteiger charge is -2.26. The van der Waals surface area contributed by atoms with Crippen molar-refractivity contribution in [3.05, 3.63) is 65.2 Å². The smallest absolute Gasteiger partial charge is 0.220 e. The molecule has 1 atom stereocenters. The molecule has 1 aliphatic rings. The Hall–Kier alpha value is -2.07. The van der Waals surface area contributed by atoms with Gasteiger partial charge in [0.1, 0.15) is 0 Å². The van der Waals surface area contributed by atoms with Crippen molar-refractivity contribution >= 4 is 23.5 Å². The fourth-order valence-corrected chi connectivity index (χ4v) is 3.73. The van der Waals surface area contributed by atoms with E-state index in [0.29, 0.717) is 5.56 Å². The number of carbonyl (C=O) groups excluding carboxylic acids is 2. The fraction of sp³-hybridized carbons (Fsp3) is 0.333. The van der Waals surface area contributed by atoms with Gasteiger partial charge in [-0.2, -0.15) is 0 Å². The van der Waals surface area contributed by atoms with Crippen LogP contribution in [0.5, 0.6) is 0 Å². The molecular weight excluding hydrogens is 330 g/mol. The van der Waals surface area contributed by atoms with Gasteiger partial charge in [-0.15, -0.1) is 11.8 Å². The summed E-state index contributed by atoms with van der Waals surface area (Å²) in [5, 5.41) is 3.11. The zero-order chi connectivity index (χ0) is 17.6. The molecule has 4 heteroatoms. The first kappa shape index (κ1) is 17.7. The molecule has 1 N–H and O–H groups in total. The normalized spacial score (nSPS) is 16.1. The van der Waals surface area contributed by atoms with Crippen LogP contribution < -0.4 is 5.32 Å². The van der Waals surface area contributed by atoms with Crippen LogP contribution in [0.3, 0.4) is 0 Å². The van der Waals surface area contributed by atoms with E-state index in [1.54, 1.807) is 11.8 Å². The van der Waals surface area contributed by atoms with E-state index in [0.717, 1.165) is 24.2 Å². The third-order valence-corrected chi connectivity index (χ3v) is 5.44. The average Bonchev–Trinajstić information content (AvgIpc) is 2.66. The standard InChI is InChI=1S/C21H23NO2S/c1-25-17-11-9-16(10-12-17)20(23)13-14-21(24)22-19-8-4-6-15-5-2-3-7-18(15)19/h2-3,5,7,9-12,19H,4,6,8,13-14H2,1H3,(H,22,24)/t19-/m1/s1. The van der Waals surface area contributed by atoms with Gasteiger partial charge in [-0.25, -0.2) is 0 Å². The Kier molecular flexibility index (Phi) is 5.92. The van der Waals surface area contributed by atoms with Crippen molar-refractivity contribution in [3.8, 4) is 0 Å². The van der Waals surface area contributed by atoms with Gasteiger partial charge in [0.2, 0.25) is 5.91 Å². The highest BCUT2D eigenvalue weighted by molar-refractivity contribution is 7.98. The van der Waals surface area contributed by atoms with Gasteiger partial charge in [-0.3, -0.25) is 9.59 Å². The summed E-state index contributed by atoms with van der Waals surface area (Å²) in [4.78, 5) is 25.7. The highest BCUT2D eigenvalue weighted by Gasteiger charge is 2.21. The number of amides is 1. The summed E-state index contributed by atoms with van der Waals surface area (Å²) in [5.74, 6) is -0.0253. The monoisotopic (exact) mass is 353 g/mol. The quantitative estimate of drug-likeness (QED) is 0.611. The second-order valence-electron chi connectivity index (χ2n) is 6.36. The van der Waals surface area contributed by atoms with Crippen LogP contribution >= 0.6 is 11.8 Å². The van der Waals surface area contributed by atoms with E-state index in [4.69, 9.17) is 0 Å². The molecule has 0 saturated carbocycles. The molecule has 2 aromatic carbocycles. The molecule has 0 fully saturated rings. The zero-order valence-electron chi connectivity index (χ0n) is 14.5. The van der Waals surface area contributed by atoms with Crippen molar-refractivity contribution in [2.45, 2.75) is 43.0 Å². The summed E-state index contributed by atoms with van der Waals surface area (Å²) in [7, 11) is 0. The summed E-state index contributed by atoms with van der Waals surface area (Å²) in [5.41, 5.74) is 3.22. The first-order valence-electron chi connectivity index (χ1n) is 8.72. The molecule has 0 saturated heterocycles. The van der Waals surface area contributed by atoms with Crippen LogP contribution in [-0.2, 0) is 11.2 Å². The van der Waals surface area contributed by atoms with E-state index in [-0.39, 0.29) is 30.6 Å². The first-order valence-corrected chi connectivity index (χ1v) is 9.94. The number of hydrogen-bond acceptors (Lipinski definition) is 3. The number of nitrogens with one attached hydrogen (secondary N) is 1. The number of carbonyl (C=O) groups is 2. The number of rotatable bonds is 6. The molecule has 0 bridgehead atoms. The molecule has 0 aromatic heterocycles. The molecule has 3 nitrogen and oxygen atoms in total. The predicted octanol–water partition coefficient (Wildman–Crippen LogP) is 4.57. The second-order valence-corrected chi connectivity index (χ2v) is 7.24. The van der Waals surface area contributed by atoms with Crippen molar-refractivity contribution < 1.29 is 9.59 Å². The highest BCUT2D eigenvalue weighted by atomic mass is 32.2. The summed E-state index contributed by atoms with van der Waals surface area (Å²) in [6, 6.07) is 15.9. The number of ketones is 1. The van der Waals surface area contributed by atoms with Gasteiger partial charge in [0.15, 0.2) is 5.78 Å². The Morgan fingerprint density at radius 1 is 1.08 bits per heavy atom. The van der Waals surface area contributed by atoms with Gasteiger partial charge in [-0.05, 0) is 48.8 Å². The van der Waals surface area contributed by atoms with Crippen molar-refractivity contribution in [1.82, 2.24) is 5.32 Å². The van der Waals surface area contributed by atoms with Gasteiger partial charge in [-0.1, -0.05) is 36.4 Å². The van der Waals surface area contributed by atoms with E-state index in [1.165, 1.54) is 11.1 Å². The molecule has 0 heterocycles. The van der Waals surface area contributed by atoms with Crippen molar-refractivity contribution in [3.63, 3.8) is 0 Å². The van der Waals surface area contributed by atoms with E-state index >= 15 is 0 Å². The molecule has 1 aliphatic carbocycles. The number of aryl methyl sites for hydroxylation is 1. The Bertz CT molecular complexity index is 755. The third kappa shape index (κ3) is 4.51. The lowest BCUT2D eigenvalue weighted by atomic mass is 9.87. The van der Waals surface area contributed by atoms with Crippen LogP contribution in [0.15, 0.2) is 53.4 Å². The minimum Gasteiger partial charge on any atom is -0.349 e. The maximum atomic E-state index is 12.3. The summed E-state index contributed by atoms with van der Waals surface area (Å²) < 4.78 is 0. The molecular formula is C21H23NO2S. The molecule has 0 spiro atoms. The minimum absolute atomic E-state index is 0.0202. The second kappa shape index (κ2) is 8.34. The Labute approximate surface area is 153 Å². The number of fused-ring (bicyclic) bond motifs is 1. The molecule has 0 unspecified atom stereocenters. The largest absolute Gasteiger partial charge is 0.349 e. The predicted molar refractivity (Wildman–Crippen MR) is 102 cm³/mol. The maximum Gasteiger partial charge on any atom is 0.220 e. The molecule has 0 aliphatic heterocycles.